The van der Waals surface area contributed by atoms with Crippen LogP contribution >= 0.6 is 0 Å². The summed E-state index contributed by atoms with van der Waals surface area (Å²) in [7, 11) is -1.38. The summed E-state index contributed by atoms with van der Waals surface area (Å²) in [4.78, 5) is 17.1. The number of hydroxylamine groups is 1. The average molecular weight is 444 g/mol. The van der Waals surface area contributed by atoms with Crippen LogP contribution < -0.4 is 5.32 Å². The van der Waals surface area contributed by atoms with E-state index >= 15 is 0 Å². The second kappa shape index (κ2) is 8.75. The normalized spacial score (nSPS) is 12.8. The Labute approximate surface area is 173 Å². The lowest BCUT2D eigenvalue weighted by Gasteiger charge is -2.26. The van der Waals surface area contributed by atoms with E-state index in [9.17, 15) is 26.4 Å². The highest BCUT2D eigenvalue weighted by molar-refractivity contribution is 7.89. The number of amides is 1. The molecule has 0 spiro atoms. The molecule has 0 heterocycles. The zero-order chi connectivity index (χ0) is 22.7. The fourth-order valence-corrected chi connectivity index (χ4v) is 3.62. The third kappa shape index (κ3) is 5.38. The minimum atomic E-state index is -4.45. The van der Waals surface area contributed by atoms with Gasteiger partial charge in [0.05, 0.1) is 17.6 Å². The number of nitrogens with zero attached hydrogens (tertiary/aromatic N) is 1. The number of carbonyl (C=O) groups excluding carboxylic acids is 1. The molecule has 10 heteroatoms. The zero-order valence-electron chi connectivity index (χ0n) is 16.9. The first-order valence-corrected chi connectivity index (χ1v) is 10.3. The van der Waals surface area contributed by atoms with Gasteiger partial charge >= 0.3 is 6.18 Å². The van der Waals surface area contributed by atoms with Crippen LogP contribution in [0, 0.1) is 0 Å². The molecule has 2 aromatic rings. The Hall–Kier alpha value is -2.43. The maximum absolute atomic E-state index is 13.0. The SMILES string of the molecule is CON(C)S(=O)(=O)c1ccc(C(=O)NCC(C)(C)c2cccc(C(F)(F)F)c2)cc1. The Bertz CT molecular complexity index is 1000. The van der Waals surface area contributed by atoms with Crippen molar-refractivity contribution in [3.05, 3.63) is 65.2 Å². The van der Waals surface area contributed by atoms with Crippen molar-refractivity contribution < 1.29 is 31.2 Å². The molecule has 0 aliphatic carbocycles. The molecule has 0 saturated carbocycles. The molecule has 0 aliphatic rings. The van der Waals surface area contributed by atoms with E-state index in [1.165, 1.54) is 44.5 Å². The predicted molar refractivity (Wildman–Crippen MR) is 105 cm³/mol. The number of carbonyl (C=O) groups is 1. The van der Waals surface area contributed by atoms with Crippen molar-refractivity contribution in [1.82, 2.24) is 9.79 Å². The lowest BCUT2D eigenvalue weighted by atomic mass is 9.83. The van der Waals surface area contributed by atoms with Crippen molar-refractivity contribution in [2.45, 2.75) is 30.3 Å². The number of alkyl halides is 3. The van der Waals surface area contributed by atoms with Crippen LogP contribution in [-0.4, -0.2) is 39.5 Å². The van der Waals surface area contributed by atoms with Crippen molar-refractivity contribution in [2.24, 2.45) is 0 Å². The summed E-state index contributed by atoms with van der Waals surface area (Å²) in [6, 6.07) is 10.2. The Morgan fingerprint density at radius 2 is 1.63 bits per heavy atom. The highest BCUT2D eigenvalue weighted by Crippen LogP contribution is 2.32. The largest absolute Gasteiger partial charge is 0.416 e. The lowest BCUT2D eigenvalue weighted by molar-refractivity contribution is -0.137. The van der Waals surface area contributed by atoms with Gasteiger partial charge < -0.3 is 5.32 Å². The fourth-order valence-electron chi connectivity index (χ4n) is 2.65. The minimum Gasteiger partial charge on any atom is -0.351 e. The van der Waals surface area contributed by atoms with Crippen molar-refractivity contribution in [1.29, 1.82) is 0 Å². The molecule has 0 fully saturated rings. The van der Waals surface area contributed by atoms with E-state index in [-0.39, 0.29) is 17.0 Å². The minimum absolute atomic E-state index is 0.0484. The van der Waals surface area contributed by atoms with E-state index in [4.69, 9.17) is 4.84 Å². The van der Waals surface area contributed by atoms with Crippen molar-refractivity contribution >= 4 is 15.9 Å². The van der Waals surface area contributed by atoms with Gasteiger partial charge in [-0.2, -0.15) is 13.2 Å². The number of nitrogens with one attached hydrogen (secondary N) is 1. The smallest absolute Gasteiger partial charge is 0.351 e. The quantitative estimate of drug-likeness (QED) is 0.663. The van der Waals surface area contributed by atoms with E-state index in [1.54, 1.807) is 19.9 Å². The molecule has 164 valence electrons. The number of halogens is 3. The topological polar surface area (TPSA) is 75.7 Å². The Morgan fingerprint density at radius 3 is 2.17 bits per heavy atom. The van der Waals surface area contributed by atoms with Crippen molar-refractivity contribution in [3.8, 4) is 0 Å². The molecule has 0 aromatic heterocycles. The van der Waals surface area contributed by atoms with Gasteiger partial charge in [-0.25, -0.2) is 8.42 Å². The standard InChI is InChI=1S/C20H23F3N2O4S/c1-19(2,15-6-5-7-16(12-15)20(21,22)23)13-24-18(26)14-8-10-17(11-9-14)30(27,28)25(3)29-4/h5-12H,13H2,1-4H3,(H,24,26). The number of hydrogen-bond acceptors (Lipinski definition) is 4. The lowest BCUT2D eigenvalue weighted by Crippen LogP contribution is -2.36. The van der Waals surface area contributed by atoms with E-state index in [2.05, 4.69) is 5.32 Å². The monoisotopic (exact) mass is 444 g/mol. The molecule has 2 aromatic carbocycles. The van der Waals surface area contributed by atoms with Crippen LogP contribution in [0.25, 0.3) is 0 Å². The van der Waals surface area contributed by atoms with E-state index in [1.807, 2.05) is 0 Å². The molecular formula is C20H23F3N2O4S. The first-order chi connectivity index (χ1) is 13.8. The molecule has 30 heavy (non-hydrogen) atoms. The van der Waals surface area contributed by atoms with Gasteiger partial charge in [0, 0.05) is 24.6 Å². The summed E-state index contributed by atoms with van der Waals surface area (Å²) in [6.45, 7) is 3.53. The molecule has 1 N–H and O–H groups in total. The molecule has 0 radical (unpaired) electrons. The Kier molecular flexibility index (Phi) is 6.95. The van der Waals surface area contributed by atoms with Gasteiger partial charge in [0.1, 0.15) is 0 Å². The summed E-state index contributed by atoms with van der Waals surface area (Å²) in [6.07, 6.45) is -4.45. The molecule has 0 bridgehead atoms. The maximum Gasteiger partial charge on any atom is 0.416 e. The van der Waals surface area contributed by atoms with Gasteiger partial charge in [-0.1, -0.05) is 36.5 Å². The Morgan fingerprint density at radius 1 is 1.07 bits per heavy atom. The summed E-state index contributed by atoms with van der Waals surface area (Å²) in [5.41, 5.74) is -0.866. The van der Waals surface area contributed by atoms with E-state index in [0.29, 0.717) is 10.0 Å². The fraction of sp³-hybridized carbons (Fsp3) is 0.350. The average Bonchev–Trinajstić information content (AvgIpc) is 2.71. The third-order valence-electron chi connectivity index (χ3n) is 4.67. The van der Waals surface area contributed by atoms with E-state index < -0.39 is 33.1 Å². The molecule has 1 amide bonds. The van der Waals surface area contributed by atoms with Crippen molar-refractivity contribution in [3.63, 3.8) is 0 Å². The first-order valence-electron chi connectivity index (χ1n) is 8.88. The Balaban J connectivity index is 2.12. The maximum atomic E-state index is 13.0. The molecular weight excluding hydrogens is 421 g/mol. The van der Waals surface area contributed by atoms with Crippen LogP contribution in [0.15, 0.2) is 53.4 Å². The van der Waals surface area contributed by atoms with Crippen LogP contribution in [0.2, 0.25) is 0 Å². The number of rotatable bonds is 7. The molecule has 0 atom stereocenters. The summed E-state index contributed by atoms with van der Waals surface area (Å²) in [5, 5.41) is 2.68. The van der Waals surface area contributed by atoms with Gasteiger partial charge in [-0.3, -0.25) is 9.63 Å². The first kappa shape index (κ1) is 23.8. The third-order valence-corrected chi connectivity index (χ3v) is 6.37. The summed E-state index contributed by atoms with van der Waals surface area (Å²) in [5.74, 6) is -0.473. The second-order valence-electron chi connectivity index (χ2n) is 7.27. The predicted octanol–water partition coefficient (Wildman–Crippen LogP) is 3.59. The summed E-state index contributed by atoms with van der Waals surface area (Å²) >= 11 is 0. The molecule has 2 rings (SSSR count). The van der Waals surface area contributed by atoms with Gasteiger partial charge in [0.25, 0.3) is 15.9 Å². The van der Waals surface area contributed by atoms with Crippen LogP contribution in [0.5, 0.6) is 0 Å². The second-order valence-corrected chi connectivity index (χ2v) is 9.20. The van der Waals surface area contributed by atoms with Gasteiger partial charge in [-0.05, 0) is 35.9 Å². The van der Waals surface area contributed by atoms with Crippen LogP contribution in [0.3, 0.4) is 0 Å². The number of benzene rings is 2. The van der Waals surface area contributed by atoms with Crippen LogP contribution in [0.4, 0.5) is 13.2 Å². The molecule has 0 saturated heterocycles. The molecule has 0 unspecified atom stereocenters. The van der Waals surface area contributed by atoms with Gasteiger partial charge in [0.2, 0.25) is 0 Å². The van der Waals surface area contributed by atoms with Crippen LogP contribution in [-0.2, 0) is 26.5 Å². The van der Waals surface area contributed by atoms with Crippen molar-refractivity contribution in [2.75, 3.05) is 20.7 Å². The number of hydrogen-bond donors (Lipinski definition) is 1. The highest BCUT2D eigenvalue weighted by Gasteiger charge is 2.32. The van der Waals surface area contributed by atoms with Gasteiger partial charge in [0.15, 0.2) is 0 Å². The zero-order valence-corrected chi connectivity index (χ0v) is 17.8. The van der Waals surface area contributed by atoms with Crippen LogP contribution in [0.1, 0.15) is 35.3 Å². The van der Waals surface area contributed by atoms with Gasteiger partial charge in [-0.15, -0.1) is 0 Å². The molecule has 0 aliphatic heterocycles. The summed E-state index contributed by atoms with van der Waals surface area (Å²) < 4.78 is 63.9. The van der Waals surface area contributed by atoms with E-state index in [0.717, 1.165) is 12.1 Å². The highest BCUT2D eigenvalue weighted by atomic mass is 32.2. The number of sulfonamides is 1. The molecule has 6 nitrogen and oxygen atoms in total.